The predicted molar refractivity (Wildman–Crippen MR) is 126 cm³/mol. The summed E-state index contributed by atoms with van der Waals surface area (Å²) in [6.45, 7) is 3.48. The summed E-state index contributed by atoms with van der Waals surface area (Å²) in [5.41, 5.74) is 0.849. The number of aliphatic carboxylic acids is 1. The largest absolute Gasteiger partial charge is 0.478 e. The minimum atomic E-state index is -1.32. The molecule has 0 amide bonds. The number of carboxylic acids is 1. The van der Waals surface area contributed by atoms with Gasteiger partial charge in [0.15, 0.2) is 0 Å². The van der Waals surface area contributed by atoms with Crippen LogP contribution in [0.5, 0.6) is 0 Å². The molecule has 0 fully saturated rings. The van der Waals surface area contributed by atoms with E-state index in [-0.39, 0.29) is 18.4 Å². The van der Waals surface area contributed by atoms with Gasteiger partial charge in [0.2, 0.25) is 0 Å². The molecule has 0 aromatic heterocycles. The maximum absolute atomic E-state index is 13.8. The standard InChI is InChI=1S/C28H26O5/c1-21(26(30)31)13-11-12-20-25(29)33-27(32)28(22-14-5-2-6-15-22,23-16-7-3-8-17-23)24-18-9-4-10-19-24/h2-10,14-19H,1,11-13,20H2,(H,30,31). The minimum Gasteiger partial charge on any atom is -0.478 e. The predicted octanol–water partition coefficient (Wildman–Crippen LogP) is 5.29. The van der Waals surface area contributed by atoms with Crippen LogP contribution in [-0.4, -0.2) is 23.0 Å². The van der Waals surface area contributed by atoms with Crippen LogP contribution in [0.2, 0.25) is 0 Å². The molecular weight excluding hydrogens is 416 g/mol. The molecule has 5 heteroatoms. The minimum absolute atomic E-state index is 0.00703. The second-order valence-corrected chi connectivity index (χ2v) is 7.73. The Hall–Kier alpha value is -3.99. The molecule has 0 aliphatic rings. The fourth-order valence-corrected chi connectivity index (χ4v) is 3.86. The lowest BCUT2D eigenvalue weighted by molar-refractivity contribution is -0.162. The molecular formula is C28H26O5. The third kappa shape index (κ3) is 5.44. The summed E-state index contributed by atoms with van der Waals surface area (Å²) in [6, 6.07) is 27.8. The van der Waals surface area contributed by atoms with Crippen LogP contribution in [0.25, 0.3) is 0 Å². The number of carbonyl (C=O) groups is 3. The molecule has 1 N–H and O–H groups in total. The van der Waals surface area contributed by atoms with Crippen LogP contribution in [0.4, 0.5) is 0 Å². The Morgan fingerprint density at radius 2 is 1.09 bits per heavy atom. The molecule has 0 atom stereocenters. The molecule has 3 rings (SSSR count). The van der Waals surface area contributed by atoms with Crippen molar-refractivity contribution < 1.29 is 24.2 Å². The van der Waals surface area contributed by atoms with Gasteiger partial charge in [-0.3, -0.25) is 4.79 Å². The number of rotatable bonds is 10. The average Bonchev–Trinajstić information content (AvgIpc) is 2.84. The summed E-state index contributed by atoms with van der Waals surface area (Å²) in [5.74, 6) is -2.37. The summed E-state index contributed by atoms with van der Waals surface area (Å²) in [7, 11) is 0. The van der Waals surface area contributed by atoms with E-state index in [0.29, 0.717) is 29.5 Å². The van der Waals surface area contributed by atoms with E-state index in [1.165, 1.54) is 0 Å². The van der Waals surface area contributed by atoms with Gasteiger partial charge in [-0.25, -0.2) is 9.59 Å². The molecule has 3 aromatic carbocycles. The van der Waals surface area contributed by atoms with E-state index in [2.05, 4.69) is 6.58 Å². The summed E-state index contributed by atoms with van der Waals surface area (Å²) in [6.07, 6.45) is 1.15. The summed E-state index contributed by atoms with van der Waals surface area (Å²) in [4.78, 5) is 37.2. The van der Waals surface area contributed by atoms with Crippen LogP contribution < -0.4 is 0 Å². The number of hydrogen-bond acceptors (Lipinski definition) is 4. The smallest absolute Gasteiger partial charge is 0.333 e. The zero-order valence-corrected chi connectivity index (χ0v) is 18.3. The number of carbonyl (C=O) groups excluding carboxylic acids is 2. The van der Waals surface area contributed by atoms with Crippen molar-refractivity contribution in [3.05, 3.63) is 120 Å². The molecule has 168 valence electrons. The van der Waals surface area contributed by atoms with Gasteiger partial charge in [-0.1, -0.05) is 97.6 Å². The van der Waals surface area contributed by atoms with Gasteiger partial charge in [-0.2, -0.15) is 0 Å². The van der Waals surface area contributed by atoms with Gasteiger partial charge in [0.25, 0.3) is 0 Å². The third-order valence-corrected chi connectivity index (χ3v) is 5.55. The second-order valence-electron chi connectivity index (χ2n) is 7.73. The molecule has 0 aliphatic heterocycles. The Balaban J connectivity index is 1.92. The van der Waals surface area contributed by atoms with E-state index in [1.807, 2.05) is 91.0 Å². The number of hydrogen-bond donors (Lipinski definition) is 1. The topological polar surface area (TPSA) is 80.7 Å². The zero-order valence-electron chi connectivity index (χ0n) is 18.3. The first kappa shape index (κ1) is 23.7. The Labute approximate surface area is 193 Å². The van der Waals surface area contributed by atoms with Crippen molar-refractivity contribution in [2.24, 2.45) is 0 Å². The number of benzene rings is 3. The van der Waals surface area contributed by atoms with Gasteiger partial charge in [0.05, 0.1) is 0 Å². The first-order valence-corrected chi connectivity index (χ1v) is 10.8. The quantitative estimate of drug-likeness (QED) is 0.152. The van der Waals surface area contributed by atoms with Crippen LogP contribution >= 0.6 is 0 Å². The van der Waals surface area contributed by atoms with Gasteiger partial charge < -0.3 is 9.84 Å². The van der Waals surface area contributed by atoms with Crippen LogP contribution in [0, 0.1) is 0 Å². The number of carboxylic acid groups (broad SMARTS) is 1. The number of esters is 2. The first-order chi connectivity index (χ1) is 16.0. The van der Waals surface area contributed by atoms with Gasteiger partial charge in [-0.15, -0.1) is 0 Å². The normalized spacial score (nSPS) is 10.9. The fraction of sp³-hybridized carbons (Fsp3) is 0.179. The molecule has 5 nitrogen and oxygen atoms in total. The van der Waals surface area contributed by atoms with Crippen molar-refractivity contribution in [2.45, 2.75) is 31.1 Å². The molecule has 0 saturated heterocycles. The lowest BCUT2D eigenvalue weighted by Gasteiger charge is -2.33. The molecule has 0 spiro atoms. The monoisotopic (exact) mass is 442 g/mol. The molecule has 3 aromatic rings. The van der Waals surface area contributed by atoms with E-state index in [1.54, 1.807) is 0 Å². The van der Waals surface area contributed by atoms with Crippen molar-refractivity contribution in [3.8, 4) is 0 Å². The Bertz CT molecular complexity index is 1010. The highest BCUT2D eigenvalue weighted by Gasteiger charge is 2.46. The molecule has 0 aliphatic carbocycles. The van der Waals surface area contributed by atoms with Gasteiger partial charge >= 0.3 is 17.9 Å². The SMILES string of the molecule is C=C(CCCCC(=O)OC(=O)C(c1ccccc1)(c1ccccc1)c1ccccc1)C(=O)O. The maximum Gasteiger partial charge on any atom is 0.333 e. The highest BCUT2D eigenvalue weighted by Crippen LogP contribution is 2.40. The molecule has 0 heterocycles. The third-order valence-electron chi connectivity index (χ3n) is 5.55. The van der Waals surface area contributed by atoms with E-state index < -0.39 is 23.3 Å². The van der Waals surface area contributed by atoms with E-state index in [4.69, 9.17) is 9.84 Å². The lowest BCUT2D eigenvalue weighted by atomic mass is 9.69. The highest BCUT2D eigenvalue weighted by molar-refractivity contribution is 5.98. The average molecular weight is 443 g/mol. The summed E-state index contributed by atoms with van der Waals surface area (Å²) >= 11 is 0. The van der Waals surface area contributed by atoms with Gasteiger partial charge in [-0.05, 0) is 36.0 Å². The van der Waals surface area contributed by atoms with E-state index in [9.17, 15) is 14.4 Å². The Kier molecular flexibility index (Phi) is 7.92. The maximum atomic E-state index is 13.8. The Morgan fingerprint density at radius 3 is 1.48 bits per heavy atom. The molecule has 0 unspecified atom stereocenters. The van der Waals surface area contributed by atoms with Crippen molar-refractivity contribution in [2.75, 3.05) is 0 Å². The number of unbranched alkanes of at least 4 members (excludes halogenated alkanes) is 1. The molecule has 0 radical (unpaired) electrons. The van der Waals surface area contributed by atoms with Crippen molar-refractivity contribution in [1.29, 1.82) is 0 Å². The number of ether oxygens (including phenoxy) is 1. The highest BCUT2D eigenvalue weighted by atomic mass is 16.6. The zero-order chi connectivity index (χ0) is 23.7. The van der Waals surface area contributed by atoms with Gasteiger partial charge in [0, 0.05) is 12.0 Å². The van der Waals surface area contributed by atoms with Crippen LogP contribution in [0.3, 0.4) is 0 Å². The fourth-order valence-electron chi connectivity index (χ4n) is 3.86. The van der Waals surface area contributed by atoms with Crippen molar-refractivity contribution >= 4 is 17.9 Å². The first-order valence-electron chi connectivity index (χ1n) is 10.8. The molecule has 0 saturated carbocycles. The summed E-state index contributed by atoms with van der Waals surface area (Å²) < 4.78 is 5.42. The van der Waals surface area contributed by atoms with E-state index in [0.717, 1.165) is 0 Å². The van der Waals surface area contributed by atoms with Crippen molar-refractivity contribution in [1.82, 2.24) is 0 Å². The second kappa shape index (κ2) is 11.0. The molecule has 33 heavy (non-hydrogen) atoms. The Morgan fingerprint density at radius 1 is 0.697 bits per heavy atom. The summed E-state index contributed by atoms with van der Waals surface area (Å²) in [5, 5.41) is 8.89. The van der Waals surface area contributed by atoms with E-state index >= 15 is 0 Å². The van der Waals surface area contributed by atoms with Crippen LogP contribution in [-0.2, 0) is 24.5 Å². The molecule has 0 bridgehead atoms. The van der Waals surface area contributed by atoms with Gasteiger partial charge in [0.1, 0.15) is 5.41 Å². The van der Waals surface area contributed by atoms with Crippen LogP contribution in [0.15, 0.2) is 103 Å². The van der Waals surface area contributed by atoms with Crippen molar-refractivity contribution in [3.63, 3.8) is 0 Å². The van der Waals surface area contributed by atoms with Crippen LogP contribution in [0.1, 0.15) is 42.4 Å². The lowest BCUT2D eigenvalue weighted by Crippen LogP contribution is -2.41.